The quantitative estimate of drug-likeness (QED) is 0.773. The number of para-hydroxylation sites is 1. The Hall–Kier alpha value is -2.31. The Balaban J connectivity index is 1.81. The minimum atomic E-state index is -3.69. The van der Waals surface area contributed by atoms with Crippen molar-refractivity contribution in [3.63, 3.8) is 0 Å². The van der Waals surface area contributed by atoms with E-state index in [4.69, 9.17) is 0 Å². The molecule has 0 saturated carbocycles. The van der Waals surface area contributed by atoms with Gasteiger partial charge in [-0.2, -0.15) is 0 Å². The number of nitrogens with zero attached hydrogens (tertiary/aromatic N) is 1. The molecule has 124 valence electrons. The van der Waals surface area contributed by atoms with Gasteiger partial charge in [0.25, 0.3) is 0 Å². The van der Waals surface area contributed by atoms with Crippen molar-refractivity contribution >= 4 is 20.9 Å². The lowest BCUT2D eigenvalue weighted by atomic mass is 10.1. The zero-order chi connectivity index (χ0) is 17.2. The lowest BCUT2D eigenvalue weighted by Crippen LogP contribution is -2.26. The van der Waals surface area contributed by atoms with E-state index < -0.39 is 10.0 Å². The molecular weight excluding hydrogens is 327 g/mol. The zero-order valence-electron chi connectivity index (χ0n) is 13.2. The third-order valence-corrected chi connectivity index (χ3v) is 5.19. The van der Waals surface area contributed by atoms with Crippen LogP contribution in [0.1, 0.15) is 11.1 Å². The van der Waals surface area contributed by atoms with Crippen molar-refractivity contribution in [2.75, 3.05) is 6.54 Å². The lowest BCUT2D eigenvalue weighted by molar-refractivity contribution is 0.582. The summed E-state index contributed by atoms with van der Waals surface area (Å²) in [5.41, 5.74) is 2.15. The number of aromatic nitrogens is 1. The van der Waals surface area contributed by atoms with Crippen LogP contribution in [0.4, 0.5) is 4.39 Å². The van der Waals surface area contributed by atoms with E-state index in [1.807, 2.05) is 19.1 Å². The molecule has 4 nitrogen and oxygen atoms in total. The number of hydrogen-bond donors (Lipinski definition) is 1. The number of halogens is 1. The predicted molar refractivity (Wildman–Crippen MR) is 91.8 cm³/mol. The Kier molecular flexibility index (Phi) is 4.59. The van der Waals surface area contributed by atoms with Crippen molar-refractivity contribution < 1.29 is 12.8 Å². The largest absolute Gasteiger partial charge is 0.255 e. The smallest absolute Gasteiger partial charge is 0.242 e. The molecule has 0 saturated heterocycles. The molecular formula is C18H17FN2O2S. The van der Waals surface area contributed by atoms with E-state index in [2.05, 4.69) is 9.71 Å². The van der Waals surface area contributed by atoms with E-state index in [1.54, 1.807) is 24.4 Å². The maximum Gasteiger partial charge on any atom is 0.242 e. The summed E-state index contributed by atoms with van der Waals surface area (Å²) in [7, 11) is -3.69. The van der Waals surface area contributed by atoms with Crippen molar-refractivity contribution in [3.8, 4) is 0 Å². The second kappa shape index (κ2) is 6.67. The second-order valence-corrected chi connectivity index (χ2v) is 7.35. The first kappa shape index (κ1) is 16.5. The van der Waals surface area contributed by atoms with E-state index in [9.17, 15) is 12.8 Å². The highest BCUT2D eigenvalue weighted by molar-refractivity contribution is 7.89. The molecule has 24 heavy (non-hydrogen) atoms. The molecule has 0 amide bonds. The summed E-state index contributed by atoms with van der Waals surface area (Å²) in [5, 5.41) is 0.781. The fourth-order valence-corrected chi connectivity index (χ4v) is 3.77. The first-order chi connectivity index (χ1) is 11.5. The summed E-state index contributed by atoms with van der Waals surface area (Å²) in [4.78, 5) is 4.41. The fourth-order valence-electron chi connectivity index (χ4n) is 2.56. The van der Waals surface area contributed by atoms with Crippen LogP contribution in [0.5, 0.6) is 0 Å². The zero-order valence-corrected chi connectivity index (χ0v) is 14.0. The van der Waals surface area contributed by atoms with Gasteiger partial charge in [0.15, 0.2) is 0 Å². The van der Waals surface area contributed by atoms with Crippen LogP contribution in [0, 0.1) is 12.7 Å². The Morgan fingerprint density at radius 3 is 2.71 bits per heavy atom. The minimum absolute atomic E-state index is 0.152. The maximum absolute atomic E-state index is 13.2. The third kappa shape index (κ3) is 3.60. The van der Waals surface area contributed by atoms with Gasteiger partial charge < -0.3 is 0 Å². The van der Waals surface area contributed by atoms with E-state index in [1.165, 1.54) is 18.2 Å². The fraction of sp³-hybridized carbons (Fsp3) is 0.167. The van der Waals surface area contributed by atoms with Gasteiger partial charge in [-0.05, 0) is 48.7 Å². The van der Waals surface area contributed by atoms with Crippen molar-refractivity contribution in [2.45, 2.75) is 18.2 Å². The highest BCUT2D eigenvalue weighted by atomic mass is 32.2. The van der Waals surface area contributed by atoms with Crippen LogP contribution in [-0.4, -0.2) is 19.9 Å². The molecule has 0 aliphatic rings. The molecule has 0 bridgehead atoms. The summed E-state index contributed by atoms with van der Waals surface area (Å²) in [6.07, 6.45) is 2.06. The summed E-state index contributed by atoms with van der Waals surface area (Å²) in [6, 6.07) is 13.1. The van der Waals surface area contributed by atoms with Crippen molar-refractivity contribution in [2.24, 2.45) is 0 Å². The standard InChI is InChI=1S/C18H17FN2O2S/c1-13-10-15-5-3-7-17(18(15)20-12-13)24(22,23)21-9-8-14-4-2-6-16(19)11-14/h2-7,10-12,21H,8-9H2,1H3. The van der Waals surface area contributed by atoms with Gasteiger partial charge in [0.05, 0.1) is 5.52 Å². The molecule has 0 fully saturated rings. The molecule has 3 rings (SSSR count). The number of sulfonamides is 1. The monoisotopic (exact) mass is 344 g/mol. The highest BCUT2D eigenvalue weighted by Crippen LogP contribution is 2.21. The normalized spacial score (nSPS) is 11.8. The van der Waals surface area contributed by atoms with Gasteiger partial charge in [0, 0.05) is 18.1 Å². The molecule has 2 aromatic carbocycles. The lowest BCUT2D eigenvalue weighted by Gasteiger charge is -2.09. The number of benzene rings is 2. The topological polar surface area (TPSA) is 59.1 Å². The minimum Gasteiger partial charge on any atom is -0.255 e. The number of hydrogen-bond acceptors (Lipinski definition) is 3. The Morgan fingerprint density at radius 1 is 1.12 bits per heavy atom. The van der Waals surface area contributed by atoms with Gasteiger partial charge in [-0.3, -0.25) is 4.98 Å². The molecule has 0 aliphatic carbocycles. The molecule has 0 radical (unpaired) electrons. The van der Waals surface area contributed by atoms with Gasteiger partial charge in [0.1, 0.15) is 10.7 Å². The molecule has 3 aromatic rings. The van der Waals surface area contributed by atoms with Gasteiger partial charge in [-0.15, -0.1) is 0 Å². The number of rotatable bonds is 5. The Morgan fingerprint density at radius 2 is 1.92 bits per heavy atom. The number of pyridine rings is 1. The summed E-state index contributed by atoms with van der Waals surface area (Å²) < 4.78 is 40.8. The molecule has 0 atom stereocenters. The number of fused-ring (bicyclic) bond motifs is 1. The van der Waals surface area contributed by atoms with Crippen molar-refractivity contribution in [1.82, 2.24) is 9.71 Å². The Labute approximate surface area is 140 Å². The Bertz CT molecular complexity index is 987. The van der Waals surface area contributed by atoms with E-state index in [0.717, 1.165) is 16.5 Å². The average molecular weight is 344 g/mol. The second-order valence-electron chi connectivity index (χ2n) is 5.62. The van der Waals surface area contributed by atoms with E-state index in [0.29, 0.717) is 11.9 Å². The molecule has 1 aromatic heterocycles. The van der Waals surface area contributed by atoms with Crippen LogP contribution in [0.15, 0.2) is 59.6 Å². The van der Waals surface area contributed by atoms with Crippen molar-refractivity contribution in [3.05, 3.63) is 71.7 Å². The predicted octanol–water partition coefficient (Wildman–Crippen LogP) is 3.20. The molecule has 1 heterocycles. The molecule has 0 aliphatic heterocycles. The maximum atomic E-state index is 13.2. The average Bonchev–Trinajstić information content (AvgIpc) is 2.54. The van der Waals surface area contributed by atoms with Gasteiger partial charge >= 0.3 is 0 Å². The first-order valence-corrected chi connectivity index (χ1v) is 9.03. The summed E-state index contributed by atoms with van der Waals surface area (Å²) in [5.74, 6) is -0.330. The van der Waals surface area contributed by atoms with Crippen LogP contribution in [0.3, 0.4) is 0 Å². The summed E-state index contributed by atoms with van der Waals surface area (Å²) in [6.45, 7) is 2.10. The van der Waals surface area contributed by atoms with Crippen molar-refractivity contribution in [1.29, 1.82) is 0 Å². The molecule has 6 heteroatoms. The van der Waals surface area contributed by atoms with Crippen LogP contribution in [0.25, 0.3) is 10.9 Å². The number of aryl methyl sites for hydroxylation is 1. The molecule has 0 unspecified atom stereocenters. The highest BCUT2D eigenvalue weighted by Gasteiger charge is 2.17. The van der Waals surface area contributed by atoms with Gasteiger partial charge in [-0.1, -0.05) is 24.3 Å². The first-order valence-electron chi connectivity index (χ1n) is 7.55. The molecule has 1 N–H and O–H groups in total. The van der Waals surface area contributed by atoms with Crippen LogP contribution >= 0.6 is 0 Å². The van der Waals surface area contributed by atoms with Gasteiger partial charge in [0.2, 0.25) is 10.0 Å². The number of nitrogens with one attached hydrogen (secondary N) is 1. The van der Waals surface area contributed by atoms with Crippen LogP contribution < -0.4 is 4.72 Å². The van der Waals surface area contributed by atoms with E-state index >= 15 is 0 Å². The molecule has 0 spiro atoms. The third-order valence-electron chi connectivity index (χ3n) is 3.69. The van der Waals surface area contributed by atoms with E-state index in [-0.39, 0.29) is 17.3 Å². The summed E-state index contributed by atoms with van der Waals surface area (Å²) >= 11 is 0. The van der Waals surface area contributed by atoms with Crippen LogP contribution in [-0.2, 0) is 16.4 Å². The van der Waals surface area contributed by atoms with Crippen LogP contribution in [0.2, 0.25) is 0 Å². The van der Waals surface area contributed by atoms with Gasteiger partial charge in [-0.25, -0.2) is 17.5 Å². The SMILES string of the molecule is Cc1cnc2c(S(=O)(=O)NCCc3cccc(F)c3)cccc2c1.